The van der Waals surface area contributed by atoms with Gasteiger partial charge in [0.05, 0.1) is 23.3 Å². The Morgan fingerprint density at radius 2 is 2.15 bits per heavy atom. The van der Waals surface area contributed by atoms with E-state index >= 15 is 0 Å². The fourth-order valence-electron chi connectivity index (χ4n) is 0.861. The number of pyridine rings is 1. The van der Waals surface area contributed by atoms with Gasteiger partial charge in [0.1, 0.15) is 5.60 Å². The van der Waals surface area contributed by atoms with Gasteiger partial charge < -0.3 is 9.66 Å². The predicted molar refractivity (Wildman–Crippen MR) is 50.1 cm³/mol. The molecule has 1 unspecified atom stereocenters. The van der Waals surface area contributed by atoms with Crippen molar-refractivity contribution in [3.8, 4) is 0 Å². The minimum Gasteiger partial charge on any atom is -0.593 e. The summed E-state index contributed by atoms with van der Waals surface area (Å²) in [6.45, 7) is 3.27. The number of nitrogens with two attached hydrogens (primary N) is 1. The van der Waals surface area contributed by atoms with Crippen LogP contribution in [0.25, 0.3) is 0 Å². The first-order valence-electron chi connectivity index (χ1n) is 3.76. The maximum absolute atomic E-state index is 10.8. The molecule has 0 amide bonds. The Balaban J connectivity index is 2.94. The number of aliphatic hydroxyl groups is 1. The van der Waals surface area contributed by atoms with Crippen molar-refractivity contribution in [1.29, 1.82) is 0 Å². The quantitative estimate of drug-likeness (QED) is 0.672. The highest BCUT2D eigenvalue weighted by atomic mass is 32.2. The standard InChI is InChI=1S/C8H12N2O2S/c1-8(2,11)7-4-3-6(5-10-7)13(9)12/h3-5,11H,9H2,1-2H3. The van der Waals surface area contributed by atoms with Crippen LogP contribution in [-0.4, -0.2) is 14.6 Å². The molecule has 13 heavy (non-hydrogen) atoms. The SMILES string of the molecule is CC(C)(O)c1ccc([S+](N)[O-])cn1. The maximum Gasteiger partial charge on any atom is 0.191 e. The minimum atomic E-state index is -1.51. The van der Waals surface area contributed by atoms with Gasteiger partial charge in [0.2, 0.25) is 0 Å². The predicted octanol–water partition coefficient (Wildman–Crippen LogP) is 0.290. The van der Waals surface area contributed by atoms with Crippen molar-refractivity contribution in [2.75, 3.05) is 0 Å². The van der Waals surface area contributed by atoms with Gasteiger partial charge in [-0.1, -0.05) is 0 Å². The number of rotatable bonds is 2. The summed E-state index contributed by atoms with van der Waals surface area (Å²) in [6, 6.07) is 3.20. The van der Waals surface area contributed by atoms with E-state index in [4.69, 9.17) is 5.14 Å². The molecule has 0 spiro atoms. The zero-order valence-electron chi connectivity index (χ0n) is 7.52. The van der Waals surface area contributed by atoms with Crippen molar-refractivity contribution in [1.82, 2.24) is 4.98 Å². The Labute approximate surface area is 80.1 Å². The van der Waals surface area contributed by atoms with Crippen LogP contribution in [-0.2, 0) is 17.0 Å². The molecule has 3 N–H and O–H groups in total. The summed E-state index contributed by atoms with van der Waals surface area (Å²) < 4.78 is 10.8. The van der Waals surface area contributed by atoms with Gasteiger partial charge in [-0.05, 0) is 26.0 Å². The Bertz CT molecular complexity index is 279. The van der Waals surface area contributed by atoms with E-state index in [1.54, 1.807) is 26.0 Å². The van der Waals surface area contributed by atoms with Gasteiger partial charge in [-0.2, -0.15) is 0 Å². The van der Waals surface area contributed by atoms with Crippen molar-refractivity contribution in [2.24, 2.45) is 5.14 Å². The summed E-state index contributed by atoms with van der Waals surface area (Å²) in [4.78, 5) is 4.40. The summed E-state index contributed by atoms with van der Waals surface area (Å²) in [5, 5.41) is 14.7. The molecule has 0 saturated carbocycles. The fourth-order valence-corrected chi connectivity index (χ4v) is 1.22. The van der Waals surface area contributed by atoms with Gasteiger partial charge in [0.15, 0.2) is 4.90 Å². The van der Waals surface area contributed by atoms with E-state index in [0.717, 1.165) is 0 Å². The maximum atomic E-state index is 10.8. The Kier molecular flexibility index (Phi) is 2.92. The van der Waals surface area contributed by atoms with Gasteiger partial charge in [0, 0.05) is 0 Å². The lowest BCUT2D eigenvalue weighted by molar-refractivity contribution is 0.0737. The minimum absolute atomic E-state index is 0.452. The molecular formula is C8H12N2O2S. The van der Waals surface area contributed by atoms with E-state index in [-0.39, 0.29) is 0 Å². The van der Waals surface area contributed by atoms with Gasteiger partial charge >= 0.3 is 0 Å². The monoisotopic (exact) mass is 200 g/mol. The molecule has 0 fully saturated rings. The summed E-state index contributed by atoms with van der Waals surface area (Å²) >= 11 is -1.51. The lowest BCUT2D eigenvalue weighted by Gasteiger charge is -2.16. The molecule has 4 nitrogen and oxygen atoms in total. The number of aromatic nitrogens is 1. The first-order valence-corrected chi connectivity index (χ1v) is 4.97. The summed E-state index contributed by atoms with van der Waals surface area (Å²) in [5.74, 6) is 0. The first-order chi connectivity index (χ1) is 5.91. The number of hydrogen-bond acceptors (Lipinski definition) is 4. The number of hydrogen-bond donors (Lipinski definition) is 2. The molecule has 0 aliphatic carbocycles. The van der Waals surface area contributed by atoms with Crippen molar-refractivity contribution in [3.05, 3.63) is 24.0 Å². The van der Waals surface area contributed by atoms with Crippen LogP contribution in [0.3, 0.4) is 0 Å². The van der Waals surface area contributed by atoms with Crippen LogP contribution in [0.5, 0.6) is 0 Å². The lowest BCUT2D eigenvalue weighted by atomic mass is 10.1. The van der Waals surface area contributed by atoms with Gasteiger partial charge in [-0.25, -0.2) is 0 Å². The molecule has 1 aromatic rings. The Morgan fingerprint density at radius 1 is 1.54 bits per heavy atom. The van der Waals surface area contributed by atoms with Crippen LogP contribution in [0.1, 0.15) is 19.5 Å². The van der Waals surface area contributed by atoms with Gasteiger partial charge in [0.25, 0.3) is 0 Å². The van der Waals surface area contributed by atoms with Crippen molar-refractivity contribution in [3.63, 3.8) is 0 Å². The topological polar surface area (TPSA) is 82.2 Å². The fraction of sp³-hybridized carbons (Fsp3) is 0.375. The van der Waals surface area contributed by atoms with Gasteiger partial charge in [-0.15, -0.1) is 5.14 Å². The second-order valence-corrected chi connectivity index (χ2v) is 4.30. The molecule has 0 bridgehead atoms. The van der Waals surface area contributed by atoms with Crippen molar-refractivity contribution < 1.29 is 9.66 Å². The highest BCUT2D eigenvalue weighted by Gasteiger charge is 2.18. The molecule has 0 aromatic carbocycles. The van der Waals surface area contributed by atoms with E-state index in [2.05, 4.69) is 4.98 Å². The Hall–Kier alpha value is -0.620. The highest BCUT2D eigenvalue weighted by molar-refractivity contribution is 7.89. The molecule has 0 radical (unpaired) electrons. The summed E-state index contributed by atoms with van der Waals surface area (Å²) in [6.07, 6.45) is 1.41. The molecule has 72 valence electrons. The van der Waals surface area contributed by atoms with Crippen LogP contribution in [0.2, 0.25) is 0 Å². The largest absolute Gasteiger partial charge is 0.593 e. The zero-order chi connectivity index (χ0) is 10.1. The summed E-state index contributed by atoms with van der Waals surface area (Å²) in [7, 11) is 0. The molecule has 0 aliphatic heterocycles. The van der Waals surface area contributed by atoms with Crippen LogP contribution in [0, 0.1) is 0 Å². The van der Waals surface area contributed by atoms with Gasteiger partial charge in [-0.3, -0.25) is 4.98 Å². The Morgan fingerprint density at radius 3 is 2.46 bits per heavy atom. The van der Waals surface area contributed by atoms with Crippen molar-refractivity contribution >= 4 is 11.4 Å². The van der Waals surface area contributed by atoms with E-state index in [0.29, 0.717) is 10.6 Å². The average molecular weight is 200 g/mol. The lowest BCUT2D eigenvalue weighted by Crippen LogP contribution is -2.18. The molecular weight excluding hydrogens is 188 g/mol. The molecule has 1 aromatic heterocycles. The van der Waals surface area contributed by atoms with Crippen LogP contribution >= 0.6 is 0 Å². The highest BCUT2D eigenvalue weighted by Crippen LogP contribution is 2.17. The normalized spacial score (nSPS) is 14.2. The third kappa shape index (κ3) is 2.67. The number of nitrogens with zero attached hydrogens (tertiary/aromatic N) is 1. The second-order valence-electron chi connectivity index (χ2n) is 3.24. The molecule has 5 heteroatoms. The molecule has 1 heterocycles. The summed E-state index contributed by atoms with van der Waals surface area (Å²) in [5.41, 5.74) is -0.448. The molecule has 0 saturated heterocycles. The van der Waals surface area contributed by atoms with E-state index in [1.807, 2.05) is 0 Å². The van der Waals surface area contributed by atoms with E-state index in [1.165, 1.54) is 6.20 Å². The smallest absolute Gasteiger partial charge is 0.191 e. The molecule has 0 aliphatic rings. The third-order valence-electron chi connectivity index (χ3n) is 1.60. The van der Waals surface area contributed by atoms with Crippen LogP contribution in [0.15, 0.2) is 23.2 Å². The third-order valence-corrected chi connectivity index (χ3v) is 2.30. The first kappa shape index (κ1) is 10.5. The van der Waals surface area contributed by atoms with E-state index in [9.17, 15) is 9.66 Å². The molecule has 1 atom stereocenters. The second kappa shape index (κ2) is 3.63. The van der Waals surface area contributed by atoms with Crippen LogP contribution < -0.4 is 5.14 Å². The average Bonchev–Trinajstić information content (AvgIpc) is 2.03. The zero-order valence-corrected chi connectivity index (χ0v) is 8.34. The van der Waals surface area contributed by atoms with Crippen LogP contribution in [0.4, 0.5) is 0 Å². The molecule has 1 rings (SSSR count). The van der Waals surface area contributed by atoms with Crippen molar-refractivity contribution in [2.45, 2.75) is 24.3 Å². The van der Waals surface area contributed by atoms with E-state index < -0.39 is 17.0 Å².